The summed E-state index contributed by atoms with van der Waals surface area (Å²) >= 11 is 3.42. The van der Waals surface area contributed by atoms with Gasteiger partial charge in [0.05, 0.1) is 0 Å². The van der Waals surface area contributed by atoms with Crippen molar-refractivity contribution >= 4 is 21.6 Å². The van der Waals surface area contributed by atoms with Gasteiger partial charge >= 0.3 is 0 Å². The summed E-state index contributed by atoms with van der Waals surface area (Å²) in [5.41, 5.74) is 3.09. The third-order valence-electron chi connectivity index (χ3n) is 2.60. The van der Waals surface area contributed by atoms with E-state index in [0.717, 1.165) is 21.5 Å². The van der Waals surface area contributed by atoms with Gasteiger partial charge in [0.15, 0.2) is 11.5 Å². The Balaban J connectivity index is 2.14. The highest BCUT2D eigenvalue weighted by molar-refractivity contribution is 9.10. The first-order chi connectivity index (χ1) is 8.22. The van der Waals surface area contributed by atoms with Crippen LogP contribution < -0.4 is 0 Å². The zero-order chi connectivity index (χ0) is 11.8. The molecule has 84 valence electrons. The van der Waals surface area contributed by atoms with Crippen LogP contribution in [-0.4, -0.2) is 14.6 Å². The first kappa shape index (κ1) is 10.5. The van der Waals surface area contributed by atoms with Crippen LogP contribution >= 0.6 is 15.9 Å². The predicted octanol–water partition coefficient (Wildman–Crippen LogP) is 3.47. The normalized spacial score (nSPS) is 10.9. The summed E-state index contributed by atoms with van der Waals surface area (Å²) in [7, 11) is 0. The Morgan fingerprint density at radius 2 is 1.88 bits per heavy atom. The molecule has 0 spiro atoms. The number of aromatic nitrogens is 3. The number of aryl methyl sites for hydroxylation is 1. The van der Waals surface area contributed by atoms with E-state index in [-0.39, 0.29) is 0 Å². The summed E-state index contributed by atoms with van der Waals surface area (Å²) in [4.78, 5) is 4.51. The summed E-state index contributed by atoms with van der Waals surface area (Å²) in [6, 6.07) is 12.0. The van der Waals surface area contributed by atoms with E-state index in [4.69, 9.17) is 0 Å². The van der Waals surface area contributed by atoms with Gasteiger partial charge in [-0.3, -0.25) is 0 Å². The lowest BCUT2D eigenvalue weighted by Gasteiger charge is -1.93. The molecule has 0 bridgehead atoms. The number of benzene rings is 1. The second kappa shape index (κ2) is 3.96. The highest BCUT2D eigenvalue weighted by Crippen LogP contribution is 2.19. The van der Waals surface area contributed by atoms with E-state index in [0.29, 0.717) is 0 Å². The Morgan fingerprint density at radius 3 is 2.65 bits per heavy atom. The van der Waals surface area contributed by atoms with Gasteiger partial charge in [-0.25, -0.2) is 9.50 Å². The first-order valence-corrected chi connectivity index (χ1v) is 6.11. The zero-order valence-corrected chi connectivity index (χ0v) is 10.8. The number of pyridine rings is 1. The monoisotopic (exact) mass is 287 g/mol. The van der Waals surface area contributed by atoms with E-state index in [9.17, 15) is 0 Å². The van der Waals surface area contributed by atoms with Crippen LogP contribution in [0.3, 0.4) is 0 Å². The van der Waals surface area contributed by atoms with E-state index in [1.54, 1.807) is 4.52 Å². The highest BCUT2D eigenvalue weighted by atomic mass is 79.9. The maximum Gasteiger partial charge on any atom is 0.182 e. The number of rotatable bonds is 1. The Hall–Kier alpha value is -1.68. The molecule has 0 amide bonds. The summed E-state index contributed by atoms with van der Waals surface area (Å²) in [6.45, 7) is 2.05. The van der Waals surface area contributed by atoms with Crippen LogP contribution in [0.1, 0.15) is 5.56 Å². The van der Waals surface area contributed by atoms with Crippen molar-refractivity contribution in [3.8, 4) is 11.4 Å². The topological polar surface area (TPSA) is 30.2 Å². The summed E-state index contributed by atoms with van der Waals surface area (Å²) in [6.07, 6.45) is 1.93. The summed E-state index contributed by atoms with van der Waals surface area (Å²) in [5.74, 6) is 0.753. The molecule has 0 fully saturated rings. The van der Waals surface area contributed by atoms with Crippen LogP contribution in [0.25, 0.3) is 17.0 Å². The lowest BCUT2D eigenvalue weighted by Crippen LogP contribution is -1.86. The average molecular weight is 288 g/mol. The van der Waals surface area contributed by atoms with Crippen LogP contribution in [0.5, 0.6) is 0 Å². The third kappa shape index (κ3) is 1.96. The fraction of sp³-hybridized carbons (Fsp3) is 0.0769. The van der Waals surface area contributed by atoms with Crippen molar-refractivity contribution in [1.82, 2.24) is 14.6 Å². The highest BCUT2D eigenvalue weighted by Gasteiger charge is 2.05. The van der Waals surface area contributed by atoms with Crippen molar-refractivity contribution < 1.29 is 0 Å². The van der Waals surface area contributed by atoms with E-state index < -0.39 is 0 Å². The molecule has 0 saturated carbocycles. The smallest absolute Gasteiger partial charge is 0.182 e. The van der Waals surface area contributed by atoms with Crippen molar-refractivity contribution in [1.29, 1.82) is 0 Å². The van der Waals surface area contributed by atoms with Crippen LogP contribution in [0.4, 0.5) is 0 Å². The van der Waals surface area contributed by atoms with E-state index in [1.807, 2.05) is 49.5 Å². The van der Waals surface area contributed by atoms with Crippen LogP contribution in [0.2, 0.25) is 0 Å². The molecule has 17 heavy (non-hydrogen) atoms. The molecular formula is C13H10BrN3. The Kier molecular flexibility index (Phi) is 2.44. The number of nitrogens with zero attached hydrogens (tertiary/aromatic N) is 3. The predicted molar refractivity (Wildman–Crippen MR) is 70.9 cm³/mol. The van der Waals surface area contributed by atoms with Gasteiger partial charge in [-0.2, -0.15) is 0 Å². The first-order valence-electron chi connectivity index (χ1n) is 5.31. The van der Waals surface area contributed by atoms with Gasteiger partial charge in [0.2, 0.25) is 0 Å². The number of hydrogen-bond acceptors (Lipinski definition) is 2. The molecule has 3 aromatic rings. The molecule has 3 nitrogen and oxygen atoms in total. The summed E-state index contributed by atoms with van der Waals surface area (Å²) < 4.78 is 2.85. The van der Waals surface area contributed by atoms with Crippen LogP contribution in [0, 0.1) is 6.92 Å². The molecule has 0 atom stereocenters. The SMILES string of the molecule is Cc1ccn2nc(-c3ccc(Br)cc3)nc2c1. The van der Waals surface area contributed by atoms with Crippen LogP contribution in [-0.2, 0) is 0 Å². The van der Waals surface area contributed by atoms with E-state index >= 15 is 0 Å². The van der Waals surface area contributed by atoms with E-state index in [1.165, 1.54) is 5.56 Å². The molecule has 0 saturated heterocycles. The number of hydrogen-bond donors (Lipinski definition) is 0. The van der Waals surface area contributed by atoms with Gasteiger partial charge < -0.3 is 0 Å². The lowest BCUT2D eigenvalue weighted by molar-refractivity contribution is 0.962. The van der Waals surface area contributed by atoms with Crippen molar-refractivity contribution in [2.45, 2.75) is 6.92 Å². The molecule has 2 aromatic heterocycles. The van der Waals surface area contributed by atoms with Gasteiger partial charge in [0.25, 0.3) is 0 Å². The van der Waals surface area contributed by atoms with Gasteiger partial charge in [0, 0.05) is 16.2 Å². The Bertz CT molecular complexity index is 671. The van der Waals surface area contributed by atoms with Gasteiger partial charge in [0.1, 0.15) is 0 Å². The second-order valence-electron chi connectivity index (χ2n) is 3.95. The van der Waals surface area contributed by atoms with E-state index in [2.05, 4.69) is 26.0 Å². The molecule has 0 aliphatic carbocycles. The fourth-order valence-corrected chi connectivity index (χ4v) is 1.97. The quantitative estimate of drug-likeness (QED) is 0.686. The van der Waals surface area contributed by atoms with Crippen molar-refractivity contribution in [2.24, 2.45) is 0 Å². The molecule has 4 heteroatoms. The molecular weight excluding hydrogens is 278 g/mol. The van der Waals surface area contributed by atoms with Gasteiger partial charge in [-0.1, -0.05) is 28.1 Å². The average Bonchev–Trinajstić information content (AvgIpc) is 2.72. The minimum absolute atomic E-state index is 0.753. The number of fused-ring (bicyclic) bond motifs is 1. The van der Waals surface area contributed by atoms with Crippen molar-refractivity contribution in [3.05, 3.63) is 52.6 Å². The fourth-order valence-electron chi connectivity index (χ4n) is 1.70. The molecule has 1 aromatic carbocycles. The Morgan fingerprint density at radius 1 is 1.12 bits per heavy atom. The van der Waals surface area contributed by atoms with Crippen molar-refractivity contribution in [3.63, 3.8) is 0 Å². The molecule has 0 N–H and O–H groups in total. The minimum Gasteiger partial charge on any atom is -0.221 e. The maximum atomic E-state index is 4.51. The standard InChI is InChI=1S/C13H10BrN3/c1-9-6-7-17-12(8-9)15-13(16-17)10-2-4-11(14)5-3-10/h2-8H,1H3. The van der Waals surface area contributed by atoms with Crippen molar-refractivity contribution in [2.75, 3.05) is 0 Å². The second-order valence-corrected chi connectivity index (χ2v) is 4.86. The molecule has 3 rings (SSSR count). The van der Waals surface area contributed by atoms with Gasteiger partial charge in [-0.15, -0.1) is 5.10 Å². The van der Waals surface area contributed by atoms with Gasteiger partial charge in [-0.05, 0) is 36.8 Å². The molecule has 2 heterocycles. The molecule has 0 radical (unpaired) electrons. The Labute approximate surface area is 107 Å². The third-order valence-corrected chi connectivity index (χ3v) is 3.12. The molecule has 0 aliphatic heterocycles. The minimum atomic E-state index is 0.753. The largest absolute Gasteiger partial charge is 0.221 e. The summed E-state index contributed by atoms with van der Waals surface area (Å²) in [5, 5.41) is 4.44. The lowest BCUT2D eigenvalue weighted by atomic mass is 10.2. The van der Waals surface area contributed by atoms with Crippen LogP contribution in [0.15, 0.2) is 47.1 Å². The molecule has 0 aliphatic rings. The number of halogens is 1. The molecule has 0 unspecified atom stereocenters. The maximum absolute atomic E-state index is 4.51. The zero-order valence-electron chi connectivity index (χ0n) is 9.26.